The molecule has 296 valence electrons. The van der Waals surface area contributed by atoms with Crippen LogP contribution in [0.3, 0.4) is 0 Å². The van der Waals surface area contributed by atoms with E-state index >= 15 is 0 Å². The highest BCUT2D eigenvalue weighted by Gasteiger charge is 2.16. The minimum Gasteiger partial charge on any atom is -0.311 e. The monoisotopic (exact) mass is 809 g/mol. The van der Waals surface area contributed by atoms with Gasteiger partial charge in [-0.2, -0.15) is 0 Å². The minimum absolute atomic E-state index is 0.0997. The van der Waals surface area contributed by atoms with Crippen LogP contribution < -0.4 is 4.90 Å². The summed E-state index contributed by atoms with van der Waals surface area (Å²) in [4.78, 5) is 1.36. The Bertz CT molecular complexity index is 3760. The largest absolute Gasteiger partial charge is 0.311 e. The van der Waals surface area contributed by atoms with E-state index in [0.29, 0.717) is 16.8 Å². The molecule has 0 N–H and O–H groups in total. The first kappa shape index (κ1) is 29.9. The maximum atomic E-state index is 9.77. The summed E-state index contributed by atoms with van der Waals surface area (Å²) >= 11 is 0. The van der Waals surface area contributed by atoms with Crippen molar-refractivity contribution in [2.45, 2.75) is 0 Å². The molecule has 0 aliphatic carbocycles. The van der Waals surface area contributed by atoms with E-state index in [9.17, 15) is 11.0 Å². The van der Waals surface area contributed by atoms with Crippen molar-refractivity contribution in [1.29, 1.82) is 0 Å². The molecule has 11 aromatic carbocycles. The summed E-state index contributed by atoms with van der Waals surface area (Å²) in [5, 5.41) is 4.07. The fraction of sp³-hybridized carbons (Fsp3) is 0. The van der Waals surface area contributed by atoms with Crippen LogP contribution >= 0.6 is 0 Å². The predicted octanol–water partition coefficient (Wildman–Crippen LogP) is 17.5. The number of hydrogen-bond donors (Lipinski definition) is 0. The van der Waals surface area contributed by atoms with Crippen molar-refractivity contribution in [3.05, 3.63) is 261 Å². The minimum atomic E-state index is -0.404. The van der Waals surface area contributed by atoms with E-state index < -0.39 is 24.2 Å². The molecule has 0 amide bonds. The molecule has 0 heterocycles. The summed E-state index contributed by atoms with van der Waals surface area (Å²) in [6.45, 7) is 0. The lowest BCUT2D eigenvalue weighted by molar-refractivity contribution is 1.28. The summed E-state index contributed by atoms with van der Waals surface area (Å²) in [7, 11) is 0. The molecule has 0 bridgehead atoms. The summed E-state index contributed by atoms with van der Waals surface area (Å²) in [5.74, 6) is 0. The molecular weight excluding hydrogens is 759 g/mol. The van der Waals surface area contributed by atoms with Gasteiger partial charge >= 0.3 is 0 Å². The third-order valence-corrected chi connectivity index (χ3v) is 11.6. The zero-order chi connectivity index (χ0) is 48.9. The van der Waals surface area contributed by atoms with Crippen LogP contribution in [-0.4, -0.2) is 0 Å². The molecule has 0 aromatic heterocycles. The third kappa shape index (κ3) is 7.58. The highest BCUT2D eigenvalue weighted by Crippen LogP contribution is 2.41. The molecule has 0 atom stereocenters. The highest BCUT2D eigenvalue weighted by molar-refractivity contribution is 6.04. The molecule has 63 heavy (non-hydrogen) atoms. The Balaban J connectivity index is 1.07. The van der Waals surface area contributed by atoms with Crippen LogP contribution in [0.1, 0.15) is 11.0 Å². The van der Waals surface area contributed by atoms with Gasteiger partial charge in [0.2, 0.25) is 0 Å². The van der Waals surface area contributed by atoms with Gasteiger partial charge in [-0.3, -0.25) is 0 Å². The van der Waals surface area contributed by atoms with E-state index in [1.165, 1.54) is 4.90 Å². The summed E-state index contributed by atoms with van der Waals surface area (Å²) in [6.07, 6.45) is 0. The molecule has 0 unspecified atom stereocenters. The van der Waals surface area contributed by atoms with Crippen LogP contribution in [-0.2, 0) is 0 Å². The normalized spacial score (nSPS) is 13.0. The summed E-state index contributed by atoms with van der Waals surface area (Å²) in [5.41, 5.74) is 8.62. The lowest BCUT2D eigenvalue weighted by atomic mass is 9.90. The first-order chi connectivity index (χ1) is 34.6. The highest BCUT2D eigenvalue weighted by atomic mass is 15.1. The van der Waals surface area contributed by atoms with Crippen LogP contribution in [0.4, 0.5) is 17.1 Å². The fourth-order valence-corrected chi connectivity index (χ4v) is 8.37. The average Bonchev–Trinajstić information content (AvgIpc) is 3.42. The van der Waals surface area contributed by atoms with E-state index in [2.05, 4.69) is 48.5 Å². The van der Waals surface area contributed by atoms with Gasteiger partial charge in [0.05, 0.1) is 11.0 Å². The van der Waals surface area contributed by atoms with Crippen LogP contribution in [0, 0.1) is 0 Å². The number of rotatable bonds is 9. The van der Waals surface area contributed by atoms with Gasteiger partial charge in [0.1, 0.15) is 0 Å². The van der Waals surface area contributed by atoms with Crippen LogP contribution in [0.2, 0.25) is 0 Å². The molecule has 0 saturated carbocycles. The molecule has 0 aliphatic rings. The SMILES string of the molecule is [2H]c1c([2H])c(N(c2ccc(-c3ccc(-c4ccccc4)cc3)cc2)c2c([2H])c([2H])c(-c3ccc4ccccc4c3-c3ccccc3)c([2H])c2[2H])c([2H])c([2H])c1-c1ccc(-c2ccc3ccccc3c2)cc1. The maximum absolute atomic E-state index is 9.77. The van der Waals surface area contributed by atoms with Gasteiger partial charge in [0.25, 0.3) is 0 Å². The fourth-order valence-electron chi connectivity index (χ4n) is 8.37. The third-order valence-electron chi connectivity index (χ3n) is 11.6. The van der Waals surface area contributed by atoms with Crippen LogP contribution in [0.15, 0.2) is 261 Å². The van der Waals surface area contributed by atoms with Gasteiger partial charge in [0.15, 0.2) is 0 Å². The van der Waals surface area contributed by atoms with Gasteiger partial charge in [-0.1, -0.05) is 218 Å². The number of nitrogens with zero attached hydrogens (tertiary/aromatic N) is 1. The summed E-state index contributed by atoms with van der Waals surface area (Å²) < 4.78 is 77.2. The molecule has 0 radical (unpaired) electrons. The molecular formula is C62H43N. The lowest BCUT2D eigenvalue weighted by Gasteiger charge is -2.26. The Morgan fingerprint density at radius 3 is 1.27 bits per heavy atom. The van der Waals surface area contributed by atoms with Gasteiger partial charge in [0, 0.05) is 17.1 Å². The Hall–Kier alpha value is -8.26. The van der Waals surface area contributed by atoms with E-state index in [0.717, 1.165) is 66.1 Å². The molecule has 11 rings (SSSR count). The van der Waals surface area contributed by atoms with Gasteiger partial charge in [-0.05, 0) is 131 Å². The second-order valence-corrected chi connectivity index (χ2v) is 15.5. The Kier molecular flexibility index (Phi) is 7.90. The Morgan fingerprint density at radius 1 is 0.254 bits per heavy atom. The Morgan fingerprint density at radius 2 is 0.667 bits per heavy atom. The maximum Gasteiger partial charge on any atom is 0.0645 e. The van der Waals surface area contributed by atoms with Crippen molar-refractivity contribution in [2.24, 2.45) is 0 Å². The first-order valence-corrected chi connectivity index (χ1v) is 21.0. The number of fused-ring (bicyclic) bond motifs is 2. The predicted molar refractivity (Wildman–Crippen MR) is 269 cm³/mol. The molecule has 0 spiro atoms. The zero-order valence-electron chi connectivity index (χ0n) is 42.2. The quantitative estimate of drug-likeness (QED) is 0.140. The first-order valence-electron chi connectivity index (χ1n) is 25.0. The molecule has 11 aromatic rings. The van der Waals surface area contributed by atoms with Gasteiger partial charge in [-0.15, -0.1) is 0 Å². The van der Waals surface area contributed by atoms with E-state index in [-0.39, 0.29) is 46.7 Å². The van der Waals surface area contributed by atoms with Crippen LogP contribution in [0.5, 0.6) is 0 Å². The van der Waals surface area contributed by atoms with Crippen LogP contribution in [0.25, 0.3) is 88.3 Å². The zero-order valence-corrected chi connectivity index (χ0v) is 34.2. The van der Waals surface area contributed by atoms with Crippen molar-refractivity contribution in [3.8, 4) is 66.8 Å². The smallest absolute Gasteiger partial charge is 0.0645 e. The molecule has 0 aliphatic heterocycles. The second-order valence-electron chi connectivity index (χ2n) is 15.5. The average molecular weight is 810 g/mol. The van der Waals surface area contributed by atoms with Crippen molar-refractivity contribution in [1.82, 2.24) is 0 Å². The number of benzene rings is 11. The summed E-state index contributed by atoms with van der Waals surface area (Å²) in [6, 6.07) is 65.7. The topological polar surface area (TPSA) is 3.24 Å². The second kappa shape index (κ2) is 16.7. The molecule has 1 heteroatoms. The standard InChI is InChI=1S/C62H43N/c1-3-11-44(12-4-1)46-19-21-47(22-20-46)49-29-36-57(37-30-49)63(58-38-31-50(32-39-58)48-23-25-51(26-24-48)56-28-27-45-13-7-8-17-55(45)43-56)59-40-33-53(34-41-59)61-42-35-52-14-9-10-18-60(52)62(61)54-15-5-2-6-16-54/h1-43H/i31D,32D,33D,34D,38D,39D,40D,41D. The lowest BCUT2D eigenvalue weighted by Crippen LogP contribution is -2.09. The van der Waals surface area contributed by atoms with Crippen molar-refractivity contribution in [3.63, 3.8) is 0 Å². The van der Waals surface area contributed by atoms with Crippen molar-refractivity contribution >= 4 is 38.6 Å². The van der Waals surface area contributed by atoms with Crippen molar-refractivity contribution < 1.29 is 11.0 Å². The van der Waals surface area contributed by atoms with E-state index in [1.807, 2.05) is 140 Å². The molecule has 1 nitrogen and oxygen atoms in total. The van der Waals surface area contributed by atoms with Gasteiger partial charge < -0.3 is 4.90 Å². The number of anilines is 3. The Labute approximate surface area is 380 Å². The van der Waals surface area contributed by atoms with E-state index in [4.69, 9.17) is 0 Å². The molecule has 0 fully saturated rings. The van der Waals surface area contributed by atoms with Gasteiger partial charge in [-0.25, -0.2) is 0 Å². The van der Waals surface area contributed by atoms with Crippen molar-refractivity contribution in [2.75, 3.05) is 4.90 Å². The number of hydrogen-bond acceptors (Lipinski definition) is 1. The molecule has 0 saturated heterocycles. The van der Waals surface area contributed by atoms with E-state index in [1.54, 1.807) is 24.3 Å².